The van der Waals surface area contributed by atoms with Gasteiger partial charge in [0, 0.05) is 16.6 Å². The lowest BCUT2D eigenvalue weighted by molar-refractivity contribution is 0.387. The fourth-order valence-electron chi connectivity index (χ4n) is 1.95. The van der Waals surface area contributed by atoms with Crippen molar-refractivity contribution in [3.63, 3.8) is 0 Å². The fourth-order valence-corrected chi connectivity index (χ4v) is 2.80. The minimum absolute atomic E-state index is 0.196. The third-order valence-electron chi connectivity index (χ3n) is 2.87. The quantitative estimate of drug-likeness (QED) is 0.794. The molecule has 0 saturated heterocycles. The molecule has 1 aromatic carbocycles. The number of anilines is 2. The van der Waals surface area contributed by atoms with Crippen LogP contribution < -0.4 is 10.1 Å². The second-order valence-corrected chi connectivity index (χ2v) is 5.51. The summed E-state index contributed by atoms with van der Waals surface area (Å²) in [4.78, 5) is 10.6. The highest BCUT2D eigenvalue weighted by atomic mass is 32.1. The number of ether oxygens (including phenoxy) is 1. The molecule has 0 saturated carbocycles. The van der Waals surface area contributed by atoms with Crippen LogP contribution >= 0.6 is 11.3 Å². The first-order valence-corrected chi connectivity index (χ1v) is 6.81. The zero-order valence-corrected chi connectivity index (χ0v) is 11.8. The summed E-state index contributed by atoms with van der Waals surface area (Å²) < 4.78 is 18.4. The lowest BCUT2D eigenvalue weighted by Gasteiger charge is -2.08. The number of halogens is 1. The molecule has 2 aromatic heterocycles. The van der Waals surface area contributed by atoms with Crippen LogP contribution in [0.25, 0.3) is 10.2 Å². The fraction of sp³-hybridized carbons (Fsp3) is 0.143. The molecular weight excluding hydrogens is 277 g/mol. The van der Waals surface area contributed by atoms with Crippen LogP contribution in [0.5, 0.6) is 5.75 Å². The van der Waals surface area contributed by atoms with Gasteiger partial charge in [0.25, 0.3) is 0 Å². The predicted octanol–water partition coefficient (Wildman–Crippen LogP) is 3.89. The maximum absolute atomic E-state index is 13.4. The van der Waals surface area contributed by atoms with Gasteiger partial charge in [-0.05, 0) is 25.1 Å². The number of benzene rings is 1. The average molecular weight is 289 g/mol. The van der Waals surface area contributed by atoms with E-state index in [1.165, 1.54) is 24.4 Å². The van der Waals surface area contributed by atoms with Gasteiger partial charge in [-0.2, -0.15) is 0 Å². The van der Waals surface area contributed by atoms with Gasteiger partial charge >= 0.3 is 0 Å². The molecule has 0 aliphatic heterocycles. The van der Waals surface area contributed by atoms with E-state index >= 15 is 0 Å². The maximum atomic E-state index is 13.4. The van der Waals surface area contributed by atoms with E-state index in [0.717, 1.165) is 10.2 Å². The van der Waals surface area contributed by atoms with Crippen LogP contribution in [0.1, 0.15) is 4.88 Å². The molecule has 0 atom stereocenters. The first-order chi connectivity index (χ1) is 9.67. The number of hydrogen-bond acceptors (Lipinski definition) is 5. The standard InChI is InChI=1S/C14H12FN3OS/c1-8-5-10-13(16-7-17-14(10)20-8)18-9-3-4-11(15)12(6-9)19-2/h3-7H,1-2H3,(H,16,17,18). The topological polar surface area (TPSA) is 47.0 Å². The molecule has 4 nitrogen and oxygen atoms in total. The van der Waals surface area contributed by atoms with E-state index < -0.39 is 5.82 Å². The van der Waals surface area contributed by atoms with Crippen molar-refractivity contribution in [2.24, 2.45) is 0 Å². The second kappa shape index (κ2) is 5.05. The third-order valence-corrected chi connectivity index (χ3v) is 3.82. The number of aromatic nitrogens is 2. The monoisotopic (exact) mass is 289 g/mol. The highest BCUT2D eigenvalue weighted by Gasteiger charge is 2.09. The van der Waals surface area contributed by atoms with Gasteiger partial charge in [0.2, 0.25) is 0 Å². The number of rotatable bonds is 3. The lowest BCUT2D eigenvalue weighted by atomic mass is 10.2. The molecule has 0 fully saturated rings. The minimum Gasteiger partial charge on any atom is -0.494 e. The molecule has 0 aliphatic carbocycles. The Kier molecular flexibility index (Phi) is 3.23. The molecule has 0 unspecified atom stereocenters. The molecular formula is C14H12FN3OS. The van der Waals surface area contributed by atoms with Gasteiger partial charge in [-0.3, -0.25) is 0 Å². The third kappa shape index (κ3) is 2.30. The summed E-state index contributed by atoms with van der Waals surface area (Å²) in [5, 5.41) is 4.13. The second-order valence-electron chi connectivity index (χ2n) is 4.27. The van der Waals surface area contributed by atoms with Crippen molar-refractivity contribution < 1.29 is 9.13 Å². The summed E-state index contributed by atoms with van der Waals surface area (Å²) in [6.07, 6.45) is 1.52. The van der Waals surface area contributed by atoms with Crippen molar-refractivity contribution in [2.75, 3.05) is 12.4 Å². The summed E-state index contributed by atoms with van der Waals surface area (Å²) in [6, 6.07) is 6.63. The number of methoxy groups -OCH3 is 1. The number of aryl methyl sites for hydroxylation is 1. The molecule has 2 heterocycles. The van der Waals surface area contributed by atoms with Crippen LogP contribution in [0.2, 0.25) is 0 Å². The molecule has 102 valence electrons. The van der Waals surface area contributed by atoms with Crippen LogP contribution in [-0.2, 0) is 0 Å². The highest BCUT2D eigenvalue weighted by molar-refractivity contribution is 7.18. The molecule has 6 heteroatoms. The molecule has 0 aliphatic rings. The number of nitrogens with one attached hydrogen (secondary N) is 1. The van der Waals surface area contributed by atoms with E-state index in [0.29, 0.717) is 11.5 Å². The van der Waals surface area contributed by atoms with Gasteiger partial charge in [-0.1, -0.05) is 0 Å². The van der Waals surface area contributed by atoms with Crippen molar-refractivity contribution >= 4 is 33.1 Å². The zero-order valence-electron chi connectivity index (χ0n) is 11.0. The molecule has 0 amide bonds. The molecule has 3 rings (SSSR count). The van der Waals surface area contributed by atoms with E-state index in [2.05, 4.69) is 15.3 Å². The Labute approximate surface area is 119 Å². The van der Waals surface area contributed by atoms with E-state index in [9.17, 15) is 4.39 Å². The Bertz CT molecular complexity index is 772. The predicted molar refractivity (Wildman–Crippen MR) is 78.4 cm³/mol. The normalized spacial score (nSPS) is 10.8. The van der Waals surface area contributed by atoms with E-state index in [1.54, 1.807) is 23.5 Å². The average Bonchev–Trinajstić information content (AvgIpc) is 2.82. The number of nitrogens with zero attached hydrogens (tertiary/aromatic N) is 2. The van der Waals surface area contributed by atoms with Crippen LogP contribution in [-0.4, -0.2) is 17.1 Å². The Hall–Kier alpha value is -2.21. The molecule has 1 N–H and O–H groups in total. The molecule has 20 heavy (non-hydrogen) atoms. The lowest BCUT2D eigenvalue weighted by Crippen LogP contribution is -1.96. The first kappa shape index (κ1) is 12.8. The maximum Gasteiger partial charge on any atom is 0.165 e. The van der Waals surface area contributed by atoms with E-state index in [-0.39, 0.29) is 5.75 Å². The van der Waals surface area contributed by atoms with Gasteiger partial charge in [-0.25, -0.2) is 14.4 Å². The number of thiophene rings is 1. The van der Waals surface area contributed by atoms with E-state index in [4.69, 9.17) is 4.74 Å². The van der Waals surface area contributed by atoms with Crippen LogP contribution in [0, 0.1) is 12.7 Å². The molecule has 3 aromatic rings. The summed E-state index contributed by atoms with van der Waals surface area (Å²) in [5.41, 5.74) is 0.715. The molecule has 0 bridgehead atoms. The summed E-state index contributed by atoms with van der Waals surface area (Å²) >= 11 is 1.61. The molecule has 0 radical (unpaired) electrons. The van der Waals surface area contributed by atoms with Gasteiger partial charge in [0.15, 0.2) is 11.6 Å². The summed E-state index contributed by atoms with van der Waals surface area (Å²) in [7, 11) is 1.44. The SMILES string of the molecule is COc1cc(Nc2ncnc3sc(C)cc23)ccc1F. The zero-order chi connectivity index (χ0) is 14.1. The Morgan fingerprint density at radius 3 is 2.90 bits per heavy atom. The number of hydrogen-bond donors (Lipinski definition) is 1. The first-order valence-electron chi connectivity index (χ1n) is 5.99. The minimum atomic E-state index is -0.391. The largest absolute Gasteiger partial charge is 0.494 e. The summed E-state index contributed by atoms with van der Waals surface area (Å²) in [5.74, 6) is 0.507. The summed E-state index contributed by atoms with van der Waals surface area (Å²) in [6.45, 7) is 2.02. The Morgan fingerprint density at radius 1 is 1.25 bits per heavy atom. The Morgan fingerprint density at radius 2 is 2.10 bits per heavy atom. The van der Waals surface area contributed by atoms with Crippen molar-refractivity contribution in [1.82, 2.24) is 9.97 Å². The van der Waals surface area contributed by atoms with Crippen molar-refractivity contribution in [3.8, 4) is 5.75 Å². The number of fused-ring (bicyclic) bond motifs is 1. The van der Waals surface area contributed by atoms with Crippen LogP contribution in [0.3, 0.4) is 0 Å². The van der Waals surface area contributed by atoms with Crippen molar-refractivity contribution in [3.05, 3.63) is 41.3 Å². The van der Waals surface area contributed by atoms with Gasteiger partial charge < -0.3 is 10.1 Å². The molecule has 0 spiro atoms. The van der Waals surface area contributed by atoms with Gasteiger partial charge in [0.05, 0.1) is 12.5 Å². The van der Waals surface area contributed by atoms with Crippen molar-refractivity contribution in [2.45, 2.75) is 6.92 Å². The Balaban J connectivity index is 2.00. The van der Waals surface area contributed by atoms with Gasteiger partial charge in [0.1, 0.15) is 17.0 Å². The highest BCUT2D eigenvalue weighted by Crippen LogP contribution is 2.30. The van der Waals surface area contributed by atoms with Crippen LogP contribution in [0.15, 0.2) is 30.6 Å². The smallest absolute Gasteiger partial charge is 0.165 e. The van der Waals surface area contributed by atoms with Crippen molar-refractivity contribution in [1.29, 1.82) is 0 Å². The van der Waals surface area contributed by atoms with E-state index in [1.807, 2.05) is 13.0 Å². The van der Waals surface area contributed by atoms with Crippen LogP contribution in [0.4, 0.5) is 15.9 Å². The van der Waals surface area contributed by atoms with Gasteiger partial charge in [-0.15, -0.1) is 11.3 Å².